The topological polar surface area (TPSA) is 79.9 Å². The highest BCUT2D eigenvalue weighted by molar-refractivity contribution is 6.14. The molecule has 30 heavy (non-hydrogen) atoms. The molecular weight excluding hydrogens is 386 g/mol. The molecule has 7 heteroatoms. The zero-order chi connectivity index (χ0) is 21.3. The van der Waals surface area contributed by atoms with Gasteiger partial charge < -0.3 is 23.2 Å². The maximum atomic E-state index is 12.6. The first-order valence-corrected chi connectivity index (χ1v) is 9.53. The molecule has 154 valence electrons. The van der Waals surface area contributed by atoms with Crippen LogP contribution in [0.1, 0.15) is 46.2 Å². The van der Waals surface area contributed by atoms with Gasteiger partial charge in [0.15, 0.2) is 5.76 Å². The molecule has 0 radical (unpaired) electrons. The number of aryl methyl sites for hydroxylation is 1. The Morgan fingerprint density at radius 2 is 2.03 bits per heavy atom. The first kappa shape index (κ1) is 19.6. The Bertz CT molecular complexity index is 1130. The fourth-order valence-electron chi connectivity index (χ4n) is 3.01. The standard InChI is InChI=1S/C23H21NO6/c1-14(2)28-23(26)19-9-7-17(29-19)13-27-16-6-8-18-20(12-16)30-21(22(18)25)11-15-5-4-10-24(15)3/h4-12,14H,13H2,1-3H3. The number of furan rings is 1. The van der Waals surface area contributed by atoms with Gasteiger partial charge in [0.25, 0.3) is 0 Å². The number of ketones is 1. The second kappa shape index (κ2) is 7.94. The maximum absolute atomic E-state index is 12.6. The second-order valence-corrected chi connectivity index (χ2v) is 7.15. The third-order valence-electron chi connectivity index (χ3n) is 4.49. The monoisotopic (exact) mass is 407 g/mol. The van der Waals surface area contributed by atoms with E-state index in [2.05, 4.69) is 0 Å². The van der Waals surface area contributed by atoms with Crippen LogP contribution in [0, 0.1) is 0 Å². The Hall–Kier alpha value is -3.74. The average molecular weight is 407 g/mol. The number of carbonyl (C=O) groups is 2. The lowest BCUT2D eigenvalue weighted by atomic mass is 10.1. The Morgan fingerprint density at radius 3 is 2.77 bits per heavy atom. The first-order valence-electron chi connectivity index (χ1n) is 9.53. The molecule has 0 spiro atoms. The third kappa shape index (κ3) is 4.00. The van der Waals surface area contributed by atoms with E-state index in [1.54, 1.807) is 50.3 Å². The number of benzene rings is 1. The number of hydrogen-bond donors (Lipinski definition) is 0. The summed E-state index contributed by atoms with van der Waals surface area (Å²) in [6, 6.07) is 12.0. The van der Waals surface area contributed by atoms with E-state index in [0.29, 0.717) is 22.8 Å². The van der Waals surface area contributed by atoms with Crippen molar-refractivity contribution in [2.45, 2.75) is 26.6 Å². The minimum absolute atomic E-state index is 0.119. The molecule has 2 aromatic heterocycles. The van der Waals surface area contributed by atoms with Crippen molar-refractivity contribution >= 4 is 17.8 Å². The van der Waals surface area contributed by atoms with E-state index < -0.39 is 5.97 Å². The zero-order valence-corrected chi connectivity index (χ0v) is 16.9. The van der Waals surface area contributed by atoms with E-state index in [4.69, 9.17) is 18.6 Å². The minimum atomic E-state index is -0.516. The van der Waals surface area contributed by atoms with Crippen LogP contribution in [-0.2, 0) is 18.4 Å². The third-order valence-corrected chi connectivity index (χ3v) is 4.49. The number of fused-ring (bicyclic) bond motifs is 1. The number of hydrogen-bond acceptors (Lipinski definition) is 6. The molecule has 4 rings (SSSR count). The summed E-state index contributed by atoms with van der Waals surface area (Å²) in [4.78, 5) is 24.4. The van der Waals surface area contributed by atoms with E-state index in [-0.39, 0.29) is 30.0 Å². The van der Waals surface area contributed by atoms with E-state index in [1.807, 2.05) is 29.9 Å². The molecule has 3 heterocycles. The molecule has 0 saturated carbocycles. The molecule has 0 N–H and O–H groups in total. The molecule has 1 aromatic carbocycles. The van der Waals surface area contributed by atoms with Crippen LogP contribution in [0.4, 0.5) is 0 Å². The number of rotatable bonds is 6. The van der Waals surface area contributed by atoms with Crippen molar-refractivity contribution in [2.75, 3.05) is 0 Å². The van der Waals surface area contributed by atoms with Crippen molar-refractivity contribution in [3.05, 3.63) is 77.2 Å². The van der Waals surface area contributed by atoms with Crippen LogP contribution in [-0.4, -0.2) is 22.4 Å². The van der Waals surface area contributed by atoms with Crippen LogP contribution >= 0.6 is 0 Å². The van der Waals surface area contributed by atoms with Crippen molar-refractivity contribution in [1.29, 1.82) is 0 Å². The molecule has 0 saturated heterocycles. The van der Waals surface area contributed by atoms with Crippen molar-refractivity contribution in [3.8, 4) is 11.5 Å². The van der Waals surface area contributed by atoms with E-state index >= 15 is 0 Å². The summed E-state index contributed by atoms with van der Waals surface area (Å²) in [5.74, 6) is 1.15. The highest BCUT2D eigenvalue weighted by Gasteiger charge is 2.28. The van der Waals surface area contributed by atoms with Crippen LogP contribution in [0.2, 0.25) is 0 Å². The van der Waals surface area contributed by atoms with Gasteiger partial charge in [-0.15, -0.1) is 0 Å². The quantitative estimate of drug-likeness (QED) is 0.446. The molecule has 1 aliphatic rings. The first-order chi connectivity index (χ1) is 14.4. The van der Waals surface area contributed by atoms with Crippen LogP contribution in [0.5, 0.6) is 11.5 Å². The number of esters is 1. The molecule has 0 unspecified atom stereocenters. The number of ether oxygens (including phenoxy) is 3. The predicted octanol–water partition coefficient (Wildman–Crippen LogP) is 4.38. The van der Waals surface area contributed by atoms with Crippen LogP contribution < -0.4 is 9.47 Å². The molecule has 0 bridgehead atoms. The number of Topliss-reactive ketones (excluding diaryl/α,β-unsaturated/α-hetero) is 1. The van der Waals surface area contributed by atoms with Gasteiger partial charge in [-0.1, -0.05) is 0 Å². The van der Waals surface area contributed by atoms with Gasteiger partial charge in [-0.2, -0.15) is 0 Å². The van der Waals surface area contributed by atoms with Gasteiger partial charge in [-0.25, -0.2) is 4.79 Å². The number of nitrogens with zero attached hydrogens (tertiary/aromatic N) is 1. The van der Waals surface area contributed by atoms with Crippen molar-refractivity contribution in [2.24, 2.45) is 7.05 Å². The molecule has 0 aliphatic carbocycles. The summed E-state index contributed by atoms with van der Waals surface area (Å²) in [5.41, 5.74) is 1.35. The molecule has 1 aliphatic heterocycles. The van der Waals surface area contributed by atoms with E-state index in [0.717, 1.165) is 5.69 Å². The fourth-order valence-corrected chi connectivity index (χ4v) is 3.01. The number of carbonyl (C=O) groups excluding carboxylic acids is 2. The van der Waals surface area contributed by atoms with Crippen molar-refractivity contribution < 1.29 is 28.2 Å². The van der Waals surface area contributed by atoms with Gasteiger partial charge in [-0.3, -0.25) is 4.79 Å². The summed E-state index contributed by atoms with van der Waals surface area (Å²) >= 11 is 0. The summed E-state index contributed by atoms with van der Waals surface area (Å²) in [6.45, 7) is 3.66. The molecule has 7 nitrogen and oxygen atoms in total. The summed E-state index contributed by atoms with van der Waals surface area (Å²) < 4.78 is 23.9. The molecule has 0 fully saturated rings. The largest absolute Gasteiger partial charge is 0.486 e. The maximum Gasteiger partial charge on any atom is 0.374 e. The van der Waals surface area contributed by atoms with E-state index in [1.165, 1.54) is 0 Å². The van der Waals surface area contributed by atoms with E-state index in [9.17, 15) is 9.59 Å². The summed E-state index contributed by atoms with van der Waals surface area (Å²) in [7, 11) is 1.90. The Labute approximate surface area is 173 Å². The van der Waals surface area contributed by atoms with Gasteiger partial charge in [0.05, 0.1) is 11.7 Å². The highest BCUT2D eigenvalue weighted by Crippen LogP contribution is 2.35. The average Bonchev–Trinajstić information content (AvgIpc) is 3.41. The van der Waals surface area contributed by atoms with Gasteiger partial charge in [0.1, 0.15) is 23.9 Å². The lowest BCUT2D eigenvalue weighted by molar-refractivity contribution is 0.0337. The van der Waals surface area contributed by atoms with Gasteiger partial charge in [0.2, 0.25) is 11.5 Å². The normalized spacial score (nSPS) is 14.1. The van der Waals surface area contributed by atoms with Crippen molar-refractivity contribution in [3.63, 3.8) is 0 Å². The lowest BCUT2D eigenvalue weighted by Gasteiger charge is -2.06. The zero-order valence-electron chi connectivity index (χ0n) is 16.9. The Morgan fingerprint density at radius 1 is 1.20 bits per heavy atom. The Balaban J connectivity index is 1.43. The van der Waals surface area contributed by atoms with Crippen LogP contribution in [0.25, 0.3) is 6.08 Å². The van der Waals surface area contributed by atoms with Crippen LogP contribution in [0.15, 0.2) is 58.8 Å². The van der Waals surface area contributed by atoms with Gasteiger partial charge in [-0.05, 0) is 50.2 Å². The molecule has 0 amide bonds. The van der Waals surface area contributed by atoms with Gasteiger partial charge in [0, 0.05) is 31.1 Å². The molecule has 0 atom stereocenters. The summed E-state index contributed by atoms with van der Waals surface area (Å²) in [6.07, 6.45) is 3.38. The highest BCUT2D eigenvalue weighted by atomic mass is 16.6. The molecular formula is C23H21NO6. The van der Waals surface area contributed by atoms with Gasteiger partial charge >= 0.3 is 5.97 Å². The SMILES string of the molecule is CC(C)OC(=O)c1ccc(COc2ccc3c(c2)OC(=Cc2cccn2C)C3=O)o1. The number of aromatic nitrogens is 1. The Kier molecular flexibility index (Phi) is 5.18. The van der Waals surface area contributed by atoms with Crippen LogP contribution in [0.3, 0.4) is 0 Å². The molecule has 3 aromatic rings. The summed E-state index contributed by atoms with van der Waals surface area (Å²) in [5, 5.41) is 0. The smallest absolute Gasteiger partial charge is 0.374 e. The number of allylic oxidation sites excluding steroid dienone is 1. The second-order valence-electron chi connectivity index (χ2n) is 7.15. The minimum Gasteiger partial charge on any atom is -0.486 e. The fraction of sp³-hybridized carbons (Fsp3) is 0.217. The predicted molar refractivity (Wildman–Crippen MR) is 108 cm³/mol. The lowest BCUT2D eigenvalue weighted by Crippen LogP contribution is -2.10. The van der Waals surface area contributed by atoms with Crippen molar-refractivity contribution in [1.82, 2.24) is 4.57 Å².